The Morgan fingerprint density at radius 2 is 1.65 bits per heavy atom. The van der Waals surface area contributed by atoms with E-state index in [2.05, 4.69) is 5.32 Å². The van der Waals surface area contributed by atoms with Gasteiger partial charge in [-0.05, 0) is 11.6 Å². The Bertz CT molecular complexity index is 602. The molecule has 1 amide bonds. The first-order valence-electron chi connectivity index (χ1n) is 6.15. The second-order valence-electron chi connectivity index (χ2n) is 4.87. The molecule has 0 aromatic heterocycles. The van der Waals surface area contributed by atoms with Crippen LogP contribution in [0.3, 0.4) is 0 Å². The van der Waals surface area contributed by atoms with E-state index in [-0.39, 0.29) is 5.91 Å². The summed E-state index contributed by atoms with van der Waals surface area (Å²) in [5, 5.41) is 2.71. The highest BCUT2D eigenvalue weighted by Crippen LogP contribution is 2.65. The fourth-order valence-electron chi connectivity index (χ4n) is 3.20. The zero-order valence-electron chi connectivity index (χ0n) is 11.0. The Morgan fingerprint density at radius 3 is 2.20 bits per heavy atom. The number of fused-ring (bicyclic) bond motifs is 2. The number of esters is 2. The summed E-state index contributed by atoms with van der Waals surface area (Å²) in [5.74, 6) is -3.17. The summed E-state index contributed by atoms with van der Waals surface area (Å²) in [4.78, 5) is 36.2. The number of methoxy groups -OCH3 is 2. The highest BCUT2D eigenvalue weighted by molar-refractivity contribution is 6.16. The van der Waals surface area contributed by atoms with Crippen molar-refractivity contribution < 1.29 is 23.9 Å². The second kappa shape index (κ2) is 4.06. The van der Waals surface area contributed by atoms with Crippen molar-refractivity contribution in [3.63, 3.8) is 0 Å². The SMILES string of the molecule is COC(=O)[C@@H]1[C@@H](C(=O)OC)C12C(=O)Nc1ccccc12. The van der Waals surface area contributed by atoms with E-state index in [9.17, 15) is 14.4 Å². The molecule has 1 spiro atoms. The number of nitrogens with one attached hydrogen (secondary N) is 1. The Balaban J connectivity index is 2.13. The lowest BCUT2D eigenvalue weighted by atomic mass is 9.93. The largest absolute Gasteiger partial charge is 0.469 e. The van der Waals surface area contributed by atoms with Crippen LogP contribution >= 0.6 is 0 Å². The van der Waals surface area contributed by atoms with E-state index >= 15 is 0 Å². The average molecular weight is 275 g/mol. The van der Waals surface area contributed by atoms with E-state index < -0.39 is 29.2 Å². The van der Waals surface area contributed by atoms with Gasteiger partial charge in [0.2, 0.25) is 5.91 Å². The molecule has 0 radical (unpaired) electrons. The normalized spacial score (nSPS) is 29.6. The van der Waals surface area contributed by atoms with Gasteiger partial charge in [-0.2, -0.15) is 0 Å². The fourth-order valence-corrected chi connectivity index (χ4v) is 3.20. The summed E-state index contributed by atoms with van der Waals surface area (Å²) in [7, 11) is 2.48. The van der Waals surface area contributed by atoms with Crippen LogP contribution in [0.1, 0.15) is 5.56 Å². The van der Waals surface area contributed by atoms with Gasteiger partial charge in [0, 0.05) is 5.69 Å². The lowest BCUT2D eigenvalue weighted by Crippen LogP contribution is -2.26. The maximum Gasteiger partial charge on any atom is 0.311 e. The Hall–Kier alpha value is -2.37. The predicted octanol–water partition coefficient (Wildman–Crippen LogP) is 0.468. The van der Waals surface area contributed by atoms with Crippen molar-refractivity contribution in [3.8, 4) is 0 Å². The maximum absolute atomic E-state index is 12.4. The van der Waals surface area contributed by atoms with Gasteiger partial charge < -0.3 is 14.8 Å². The van der Waals surface area contributed by atoms with E-state index in [1.54, 1.807) is 24.3 Å². The van der Waals surface area contributed by atoms with Crippen molar-refractivity contribution >= 4 is 23.5 Å². The summed E-state index contributed by atoms with van der Waals surface area (Å²) in [6.45, 7) is 0. The molecule has 0 bridgehead atoms. The number of amides is 1. The first-order valence-corrected chi connectivity index (χ1v) is 6.15. The molecule has 1 fully saturated rings. The predicted molar refractivity (Wildman–Crippen MR) is 67.8 cm³/mol. The lowest BCUT2D eigenvalue weighted by Gasteiger charge is -2.07. The third-order valence-electron chi connectivity index (χ3n) is 4.11. The molecule has 1 N–H and O–H groups in total. The molecule has 1 aliphatic heterocycles. The van der Waals surface area contributed by atoms with Gasteiger partial charge in [0.05, 0.1) is 26.1 Å². The molecule has 6 nitrogen and oxygen atoms in total. The molecular formula is C14H13NO5. The van der Waals surface area contributed by atoms with Crippen LogP contribution in [0.25, 0.3) is 0 Å². The summed E-state index contributed by atoms with van der Waals surface area (Å²) in [5.41, 5.74) is 0.0881. The minimum absolute atomic E-state index is 0.357. The highest BCUT2D eigenvalue weighted by atomic mass is 16.5. The third kappa shape index (κ3) is 1.31. The smallest absolute Gasteiger partial charge is 0.311 e. The molecule has 1 aromatic rings. The summed E-state index contributed by atoms with van der Waals surface area (Å²) < 4.78 is 9.44. The minimum Gasteiger partial charge on any atom is -0.469 e. The van der Waals surface area contributed by atoms with Gasteiger partial charge in [0.15, 0.2) is 0 Å². The van der Waals surface area contributed by atoms with Gasteiger partial charge in [0.25, 0.3) is 0 Å². The summed E-state index contributed by atoms with van der Waals surface area (Å²) in [6.07, 6.45) is 0. The van der Waals surface area contributed by atoms with Crippen LogP contribution in [0.4, 0.5) is 5.69 Å². The Kier molecular flexibility index (Phi) is 2.57. The number of anilines is 1. The van der Waals surface area contributed by atoms with Crippen LogP contribution in [0.5, 0.6) is 0 Å². The van der Waals surface area contributed by atoms with Gasteiger partial charge in [0.1, 0.15) is 5.41 Å². The van der Waals surface area contributed by atoms with Gasteiger partial charge in [-0.15, -0.1) is 0 Å². The van der Waals surface area contributed by atoms with Crippen LogP contribution in [0.15, 0.2) is 24.3 Å². The van der Waals surface area contributed by atoms with E-state index in [1.165, 1.54) is 14.2 Å². The van der Waals surface area contributed by atoms with Crippen LogP contribution in [-0.4, -0.2) is 32.1 Å². The van der Waals surface area contributed by atoms with Gasteiger partial charge in [-0.3, -0.25) is 14.4 Å². The number of carbonyl (C=O) groups excluding carboxylic acids is 3. The molecule has 104 valence electrons. The van der Waals surface area contributed by atoms with Gasteiger partial charge in [-0.1, -0.05) is 18.2 Å². The van der Waals surface area contributed by atoms with Gasteiger partial charge in [-0.25, -0.2) is 0 Å². The van der Waals surface area contributed by atoms with Crippen LogP contribution in [0, 0.1) is 11.8 Å². The quantitative estimate of drug-likeness (QED) is 0.793. The van der Waals surface area contributed by atoms with Crippen LogP contribution < -0.4 is 5.32 Å². The van der Waals surface area contributed by atoms with E-state index in [0.717, 1.165) is 0 Å². The van der Waals surface area contributed by atoms with Gasteiger partial charge >= 0.3 is 11.9 Å². The zero-order valence-corrected chi connectivity index (χ0v) is 11.0. The first-order chi connectivity index (χ1) is 9.58. The molecule has 1 aromatic carbocycles. The van der Waals surface area contributed by atoms with E-state index in [0.29, 0.717) is 11.3 Å². The number of rotatable bonds is 2. The molecule has 1 saturated carbocycles. The van der Waals surface area contributed by atoms with Crippen molar-refractivity contribution in [1.82, 2.24) is 0 Å². The third-order valence-corrected chi connectivity index (χ3v) is 4.11. The van der Waals surface area contributed by atoms with Crippen molar-refractivity contribution in [2.24, 2.45) is 11.8 Å². The second-order valence-corrected chi connectivity index (χ2v) is 4.87. The molecule has 20 heavy (non-hydrogen) atoms. The molecule has 6 heteroatoms. The number of hydrogen-bond donors (Lipinski definition) is 1. The van der Waals surface area contributed by atoms with E-state index in [1.807, 2.05) is 0 Å². The number of para-hydroxylation sites is 1. The Morgan fingerprint density at radius 1 is 1.10 bits per heavy atom. The van der Waals surface area contributed by atoms with Crippen molar-refractivity contribution in [2.45, 2.75) is 5.41 Å². The number of hydrogen-bond acceptors (Lipinski definition) is 5. The average Bonchev–Trinajstić information content (AvgIpc) is 3.08. The standard InChI is InChI=1S/C14H13NO5/c1-19-11(16)9-10(12(17)20-2)14(9)7-5-3-4-6-8(7)15-13(14)18/h3-6,9-10H,1-2H3,(H,15,18)/t9-,10-/m0/s1. The molecule has 0 unspecified atom stereocenters. The fraction of sp³-hybridized carbons (Fsp3) is 0.357. The van der Waals surface area contributed by atoms with Crippen LogP contribution in [0.2, 0.25) is 0 Å². The molecule has 1 aliphatic carbocycles. The van der Waals surface area contributed by atoms with E-state index in [4.69, 9.17) is 9.47 Å². The maximum atomic E-state index is 12.4. The molecule has 3 rings (SSSR count). The van der Waals surface area contributed by atoms with Crippen molar-refractivity contribution in [2.75, 3.05) is 19.5 Å². The topological polar surface area (TPSA) is 81.7 Å². The molecule has 2 aliphatic rings. The monoisotopic (exact) mass is 275 g/mol. The number of carbonyl (C=O) groups is 3. The molecule has 0 saturated heterocycles. The minimum atomic E-state index is -1.18. The molecule has 2 atom stereocenters. The van der Waals surface area contributed by atoms with Crippen molar-refractivity contribution in [3.05, 3.63) is 29.8 Å². The van der Waals surface area contributed by atoms with Crippen molar-refractivity contribution in [1.29, 1.82) is 0 Å². The highest BCUT2D eigenvalue weighted by Gasteiger charge is 2.80. The number of ether oxygens (including phenoxy) is 2. The zero-order chi connectivity index (χ0) is 14.5. The summed E-state index contributed by atoms with van der Waals surface area (Å²) >= 11 is 0. The summed E-state index contributed by atoms with van der Waals surface area (Å²) in [6, 6.07) is 7.03. The number of benzene rings is 1. The van der Waals surface area contributed by atoms with Crippen LogP contribution in [-0.2, 0) is 29.3 Å². The Labute approximate surface area is 115 Å². The first kappa shape index (κ1) is 12.7. The lowest BCUT2D eigenvalue weighted by molar-refractivity contribution is -0.148. The molecular weight excluding hydrogens is 262 g/mol. The molecule has 1 heterocycles.